The largest absolute Gasteiger partial charge is 0.494 e. The van der Waals surface area contributed by atoms with Gasteiger partial charge >= 0.3 is 0 Å². The third-order valence-corrected chi connectivity index (χ3v) is 2.83. The third kappa shape index (κ3) is 2.38. The van der Waals surface area contributed by atoms with E-state index < -0.39 is 0 Å². The summed E-state index contributed by atoms with van der Waals surface area (Å²) in [4.78, 5) is 8.75. The van der Waals surface area contributed by atoms with Crippen LogP contribution in [0.1, 0.15) is 5.69 Å². The van der Waals surface area contributed by atoms with Gasteiger partial charge in [0.25, 0.3) is 0 Å². The Hall–Kier alpha value is -1.81. The molecule has 0 unspecified atom stereocenters. The SMILES string of the molecule is COc1ccc(N=C(N)CCl)c2ccc(C)nc12. The average Bonchev–Trinajstić information content (AvgIpc) is 2.38. The second-order valence-electron chi connectivity index (χ2n) is 3.87. The van der Waals surface area contributed by atoms with Crippen molar-refractivity contribution in [3.05, 3.63) is 30.0 Å². The molecule has 0 aliphatic heterocycles. The van der Waals surface area contributed by atoms with Crippen molar-refractivity contribution in [2.45, 2.75) is 6.92 Å². The standard InChI is InChI=1S/C13H14ClN3O/c1-8-3-4-9-10(17-12(15)7-14)5-6-11(18-2)13(9)16-8/h3-6H,7H2,1-2H3,(H2,15,17). The smallest absolute Gasteiger partial charge is 0.145 e. The van der Waals surface area contributed by atoms with Gasteiger partial charge in [-0.15, -0.1) is 11.6 Å². The maximum atomic E-state index is 5.66. The van der Waals surface area contributed by atoms with Crippen LogP contribution in [0.2, 0.25) is 0 Å². The van der Waals surface area contributed by atoms with Crippen LogP contribution in [0.15, 0.2) is 29.3 Å². The van der Waals surface area contributed by atoms with E-state index in [0.717, 1.165) is 28.0 Å². The van der Waals surface area contributed by atoms with Crippen molar-refractivity contribution in [3.8, 4) is 5.75 Å². The van der Waals surface area contributed by atoms with E-state index in [1.54, 1.807) is 7.11 Å². The van der Waals surface area contributed by atoms with E-state index in [1.165, 1.54) is 0 Å². The lowest BCUT2D eigenvalue weighted by molar-refractivity contribution is 0.419. The molecule has 0 aliphatic carbocycles. The van der Waals surface area contributed by atoms with Gasteiger partial charge in [0.15, 0.2) is 0 Å². The normalized spacial score (nSPS) is 11.8. The second-order valence-corrected chi connectivity index (χ2v) is 4.14. The summed E-state index contributed by atoms with van der Waals surface area (Å²) in [6, 6.07) is 7.56. The predicted octanol–water partition coefficient (Wildman–Crippen LogP) is 2.78. The van der Waals surface area contributed by atoms with Crippen LogP contribution in [0.3, 0.4) is 0 Å². The number of halogens is 1. The molecular formula is C13H14ClN3O. The number of pyridine rings is 1. The van der Waals surface area contributed by atoms with E-state index >= 15 is 0 Å². The van der Waals surface area contributed by atoms with Crippen molar-refractivity contribution < 1.29 is 4.74 Å². The fourth-order valence-corrected chi connectivity index (χ4v) is 1.78. The van der Waals surface area contributed by atoms with Gasteiger partial charge in [0, 0.05) is 11.1 Å². The van der Waals surface area contributed by atoms with Crippen molar-refractivity contribution >= 4 is 34.0 Å². The molecular weight excluding hydrogens is 250 g/mol. The monoisotopic (exact) mass is 263 g/mol. The second kappa shape index (κ2) is 5.23. The Morgan fingerprint density at radius 2 is 2.17 bits per heavy atom. The number of hydrogen-bond donors (Lipinski definition) is 1. The first-order valence-electron chi connectivity index (χ1n) is 5.49. The molecule has 2 rings (SSSR count). The number of amidine groups is 1. The summed E-state index contributed by atoms with van der Waals surface area (Å²) in [7, 11) is 1.62. The van der Waals surface area contributed by atoms with Gasteiger partial charge in [-0.2, -0.15) is 0 Å². The Morgan fingerprint density at radius 3 is 2.83 bits per heavy atom. The van der Waals surface area contributed by atoms with E-state index in [-0.39, 0.29) is 5.88 Å². The van der Waals surface area contributed by atoms with Gasteiger partial charge in [0.05, 0.1) is 18.7 Å². The molecule has 1 heterocycles. The number of nitrogens with zero attached hydrogens (tertiary/aromatic N) is 2. The molecule has 0 aliphatic rings. The maximum absolute atomic E-state index is 5.66. The molecule has 2 N–H and O–H groups in total. The van der Waals surface area contributed by atoms with Gasteiger partial charge < -0.3 is 10.5 Å². The first-order chi connectivity index (χ1) is 8.65. The molecule has 0 saturated carbocycles. The maximum Gasteiger partial charge on any atom is 0.145 e. The van der Waals surface area contributed by atoms with Gasteiger partial charge in [0.2, 0.25) is 0 Å². The van der Waals surface area contributed by atoms with Crippen LogP contribution in [0.5, 0.6) is 5.75 Å². The number of aryl methyl sites for hydroxylation is 1. The zero-order chi connectivity index (χ0) is 13.1. The van der Waals surface area contributed by atoms with E-state index in [4.69, 9.17) is 22.1 Å². The molecule has 1 aromatic carbocycles. The molecule has 5 heteroatoms. The molecule has 18 heavy (non-hydrogen) atoms. The molecule has 0 fully saturated rings. The summed E-state index contributed by atoms with van der Waals surface area (Å²) in [5, 5.41) is 0.896. The lowest BCUT2D eigenvalue weighted by Crippen LogP contribution is -2.12. The number of fused-ring (bicyclic) bond motifs is 1. The minimum absolute atomic E-state index is 0.201. The Balaban J connectivity index is 2.70. The molecule has 2 aromatic rings. The van der Waals surface area contributed by atoms with Crippen LogP contribution in [0.4, 0.5) is 5.69 Å². The first-order valence-corrected chi connectivity index (χ1v) is 6.02. The highest BCUT2D eigenvalue weighted by Gasteiger charge is 2.08. The fraction of sp³-hybridized carbons (Fsp3) is 0.231. The van der Waals surface area contributed by atoms with Gasteiger partial charge in [-0.25, -0.2) is 9.98 Å². The zero-order valence-electron chi connectivity index (χ0n) is 10.3. The van der Waals surface area contributed by atoms with Gasteiger partial charge in [-0.3, -0.25) is 0 Å². The number of methoxy groups -OCH3 is 1. The lowest BCUT2D eigenvalue weighted by atomic mass is 10.1. The quantitative estimate of drug-likeness (QED) is 0.526. The Bertz CT molecular complexity index is 610. The number of aromatic nitrogens is 1. The number of hydrogen-bond acceptors (Lipinski definition) is 3. The summed E-state index contributed by atoms with van der Waals surface area (Å²) >= 11 is 5.64. The molecule has 0 atom stereocenters. The fourth-order valence-electron chi connectivity index (χ4n) is 1.72. The van der Waals surface area contributed by atoms with Crippen molar-refractivity contribution in [2.24, 2.45) is 10.7 Å². The highest BCUT2D eigenvalue weighted by molar-refractivity contribution is 6.28. The molecule has 4 nitrogen and oxygen atoms in total. The van der Waals surface area contributed by atoms with Crippen molar-refractivity contribution in [2.75, 3.05) is 13.0 Å². The molecule has 0 radical (unpaired) electrons. The van der Waals surface area contributed by atoms with Gasteiger partial charge in [0.1, 0.15) is 17.1 Å². The third-order valence-electron chi connectivity index (χ3n) is 2.56. The highest BCUT2D eigenvalue weighted by atomic mass is 35.5. The summed E-state index contributed by atoms with van der Waals surface area (Å²) in [5.74, 6) is 1.30. The van der Waals surface area contributed by atoms with Gasteiger partial charge in [-0.1, -0.05) is 0 Å². The van der Waals surface area contributed by atoms with Crippen LogP contribution < -0.4 is 10.5 Å². The number of alkyl halides is 1. The van der Waals surface area contributed by atoms with Crippen LogP contribution in [-0.4, -0.2) is 23.8 Å². The number of nitrogens with two attached hydrogens (primary N) is 1. The number of rotatable bonds is 3. The Labute approximate surface area is 110 Å². The summed E-state index contributed by atoms with van der Waals surface area (Å²) in [5.41, 5.74) is 8.11. The van der Waals surface area contributed by atoms with Crippen LogP contribution in [-0.2, 0) is 0 Å². The predicted molar refractivity (Wildman–Crippen MR) is 75.0 cm³/mol. The van der Waals surface area contributed by atoms with E-state index in [0.29, 0.717) is 5.84 Å². The number of aliphatic imine (C=N–C) groups is 1. The van der Waals surface area contributed by atoms with E-state index in [2.05, 4.69) is 9.98 Å². The number of benzene rings is 1. The highest BCUT2D eigenvalue weighted by Crippen LogP contribution is 2.32. The van der Waals surface area contributed by atoms with Crippen molar-refractivity contribution in [3.63, 3.8) is 0 Å². The van der Waals surface area contributed by atoms with E-state index in [1.807, 2.05) is 31.2 Å². The summed E-state index contributed by atoms with van der Waals surface area (Å²) < 4.78 is 5.30. The molecule has 94 valence electrons. The molecule has 0 spiro atoms. The van der Waals surface area contributed by atoms with Crippen LogP contribution in [0.25, 0.3) is 10.9 Å². The van der Waals surface area contributed by atoms with Crippen LogP contribution in [0, 0.1) is 6.92 Å². The number of ether oxygens (including phenoxy) is 1. The summed E-state index contributed by atoms with van der Waals surface area (Å²) in [6.07, 6.45) is 0. The molecule has 1 aromatic heterocycles. The zero-order valence-corrected chi connectivity index (χ0v) is 11.0. The first kappa shape index (κ1) is 12.6. The minimum Gasteiger partial charge on any atom is -0.494 e. The molecule has 0 bridgehead atoms. The Morgan fingerprint density at radius 1 is 1.39 bits per heavy atom. The average molecular weight is 264 g/mol. The molecule has 0 saturated heterocycles. The minimum atomic E-state index is 0.201. The Kier molecular flexibility index (Phi) is 3.67. The molecule has 0 amide bonds. The van der Waals surface area contributed by atoms with E-state index in [9.17, 15) is 0 Å². The topological polar surface area (TPSA) is 60.5 Å². The summed E-state index contributed by atoms with van der Waals surface area (Å²) in [6.45, 7) is 1.93. The van der Waals surface area contributed by atoms with Crippen molar-refractivity contribution in [1.82, 2.24) is 4.98 Å². The lowest BCUT2D eigenvalue weighted by Gasteiger charge is -2.08. The van der Waals surface area contributed by atoms with Crippen molar-refractivity contribution in [1.29, 1.82) is 0 Å². The van der Waals surface area contributed by atoms with Gasteiger partial charge in [-0.05, 0) is 31.2 Å². The van der Waals surface area contributed by atoms with Crippen LogP contribution >= 0.6 is 11.6 Å².